The number of nitrogens with one attached hydrogen (secondary N) is 1. The number of anilines is 2. The Bertz CT molecular complexity index is 530. The van der Waals surface area contributed by atoms with Crippen LogP contribution < -0.4 is 5.32 Å². The van der Waals surface area contributed by atoms with E-state index in [2.05, 4.69) is 15.3 Å². The van der Waals surface area contributed by atoms with Gasteiger partial charge in [0.05, 0.1) is 23.1 Å². The van der Waals surface area contributed by atoms with Crippen molar-refractivity contribution < 1.29 is 0 Å². The molecular weight excluding hydrogens is 224 g/mol. The Morgan fingerprint density at radius 1 is 1.19 bits per heavy atom. The van der Waals surface area contributed by atoms with E-state index < -0.39 is 0 Å². The first-order chi connectivity index (χ1) is 7.79. The third-order valence-corrected chi connectivity index (χ3v) is 2.23. The van der Waals surface area contributed by atoms with Gasteiger partial charge in [0, 0.05) is 0 Å². The van der Waals surface area contributed by atoms with Crippen LogP contribution in [0.3, 0.4) is 0 Å². The number of para-hydroxylation sites is 1. The van der Waals surface area contributed by atoms with Crippen molar-refractivity contribution in [2.45, 2.75) is 0 Å². The Kier molecular flexibility index (Phi) is 2.99. The van der Waals surface area contributed by atoms with Crippen LogP contribution >= 0.6 is 11.6 Å². The number of hydrogen-bond acceptors (Lipinski definition) is 4. The molecule has 0 bridgehead atoms. The Morgan fingerprint density at radius 3 is 2.62 bits per heavy atom. The Hall–Kier alpha value is -2.12. The summed E-state index contributed by atoms with van der Waals surface area (Å²) >= 11 is 5.97. The van der Waals surface area contributed by atoms with Gasteiger partial charge in [-0.25, -0.2) is 9.97 Å². The van der Waals surface area contributed by atoms with Crippen molar-refractivity contribution in [3.63, 3.8) is 0 Å². The van der Waals surface area contributed by atoms with Crippen molar-refractivity contribution in [1.82, 2.24) is 9.97 Å². The number of benzene rings is 1. The SMILES string of the molecule is N#Cc1cnc(Nc2ccccc2Cl)cn1. The van der Waals surface area contributed by atoms with Gasteiger partial charge in [-0.2, -0.15) is 5.26 Å². The summed E-state index contributed by atoms with van der Waals surface area (Å²) in [6.45, 7) is 0. The summed E-state index contributed by atoms with van der Waals surface area (Å²) in [5.74, 6) is 0.548. The summed E-state index contributed by atoms with van der Waals surface area (Å²) in [4.78, 5) is 7.92. The van der Waals surface area contributed by atoms with Gasteiger partial charge in [0.15, 0.2) is 5.69 Å². The molecule has 16 heavy (non-hydrogen) atoms. The van der Waals surface area contributed by atoms with Gasteiger partial charge in [0.25, 0.3) is 0 Å². The lowest BCUT2D eigenvalue weighted by Gasteiger charge is -2.06. The number of rotatable bonds is 2. The topological polar surface area (TPSA) is 61.6 Å². The van der Waals surface area contributed by atoms with Crippen LogP contribution in [0, 0.1) is 11.3 Å². The van der Waals surface area contributed by atoms with Crippen LogP contribution in [0.5, 0.6) is 0 Å². The van der Waals surface area contributed by atoms with Gasteiger partial charge in [-0.1, -0.05) is 23.7 Å². The minimum absolute atomic E-state index is 0.282. The summed E-state index contributed by atoms with van der Waals surface area (Å²) < 4.78 is 0. The summed E-state index contributed by atoms with van der Waals surface area (Å²) in [7, 11) is 0. The Morgan fingerprint density at radius 2 is 2.00 bits per heavy atom. The molecule has 0 radical (unpaired) electrons. The predicted molar refractivity (Wildman–Crippen MR) is 61.5 cm³/mol. The third-order valence-electron chi connectivity index (χ3n) is 1.90. The van der Waals surface area contributed by atoms with Crippen LogP contribution in [0.25, 0.3) is 0 Å². The van der Waals surface area contributed by atoms with Gasteiger partial charge in [-0.3, -0.25) is 0 Å². The van der Waals surface area contributed by atoms with Crippen LogP contribution in [0.15, 0.2) is 36.7 Å². The molecule has 2 rings (SSSR count). The number of nitrogens with zero attached hydrogens (tertiary/aromatic N) is 3. The molecule has 0 fully saturated rings. The highest BCUT2D eigenvalue weighted by molar-refractivity contribution is 6.33. The number of nitriles is 1. The molecule has 4 nitrogen and oxygen atoms in total. The first kappa shape index (κ1) is 10.4. The minimum atomic E-state index is 0.282. The van der Waals surface area contributed by atoms with Crippen molar-refractivity contribution >= 4 is 23.1 Å². The van der Waals surface area contributed by atoms with Crippen LogP contribution in [0.2, 0.25) is 5.02 Å². The molecule has 0 spiro atoms. The zero-order valence-corrected chi connectivity index (χ0v) is 8.94. The highest BCUT2D eigenvalue weighted by atomic mass is 35.5. The Balaban J connectivity index is 2.22. The molecule has 0 unspecified atom stereocenters. The average molecular weight is 231 g/mol. The van der Waals surface area contributed by atoms with E-state index in [1.54, 1.807) is 6.07 Å². The molecule has 0 amide bonds. The fraction of sp³-hybridized carbons (Fsp3) is 0. The minimum Gasteiger partial charge on any atom is -0.338 e. The van der Waals surface area contributed by atoms with Gasteiger partial charge >= 0.3 is 0 Å². The molecule has 0 atom stereocenters. The molecule has 0 saturated heterocycles. The van der Waals surface area contributed by atoms with E-state index in [9.17, 15) is 0 Å². The highest BCUT2D eigenvalue weighted by Gasteiger charge is 2.00. The van der Waals surface area contributed by atoms with Gasteiger partial charge in [-0.05, 0) is 12.1 Å². The lowest BCUT2D eigenvalue weighted by atomic mass is 10.3. The van der Waals surface area contributed by atoms with Crippen molar-refractivity contribution in [3.05, 3.63) is 47.4 Å². The van der Waals surface area contributed by atoms with Crippen molar-refractivity contribution in [1.29, 1.82) is 5.26 Å². The third kappa shape index (κ3) is 2.27. The fourth-order valence-corrected chi connectivity index (χ4v) is 1.33. The summed E-state index contributed by atoms with van der Waals surface area (Å²) in [6, 6.07) is 9.23. The molecule has 1 aromatic heterocycles. The summed E-state index contributed by atoms with van der Waals surface area (Å²) in [6.07, 6.45) is 2.89. The lowest BCUT2D eigenvalue weighted by molar-refractivity contribution is 1.16. The lowest BCUT2D eigenvalue weighted by Crippen LogP contribution is -1.95. The van der Waals surface area contributed by atoms with E-state index in [4.69, 9.17) is 16.9 Å². The van der Waals surface area contributed by atoms with E-state index in [1.165, 1.54) is 12.4 Å². The van der Waals surface area contributed by atoms with Crippen LogP contribution in [0.1, 0.15) is 5.69 Å². The molecule has 0 saturated carbocycles. The fourth-order valence-electron chi connectivity index (χ4n) is 1.15. The maximum absolute atomic E-state index is 8.57. The van der Waals surface area contributed by atoms with Gasteiger partial charge in [-0.15, -0.1) is 0 Å². The number of aromatic nitrogens is 2. The smallest absolute Gasteiger partial charge is 0.158 e. The van der Waals surface area contributed by atoms with Gasteiger partial charge in [0.1, 0.15) is 11.9 Å². The van der Waals surface area contributed by atoms with Crippen LogP contribution in [0.4, 0.5) is 11.5 Å². The number of hydrogen-bond donors (Lipinski definition) is 1. The van der Waals surface area contributed by atoms with E-state index in [0.29, 0.717) is 10.8 Å². The molecule has 1 heterocycles. The zero-order chi connectivity index (χ0) is 11.4. The predicted octanol–water partition coefficient (Wildman–Crippen LogP) is 2.75. The molecule has 1 N–H and O–H groups in total. The largest absolute Gasteiger partial charge is 0.338 e. The monoisotopic (exact) mass is 230 g/mol. The normalized spacial score (nSPS) is 9.50. The maximum atomic E-state index is 8.57. The molecule has 78 valence electrons. The highest BCUT2D eigenvalue weighted by Crippen LogP contribution is 2.23. The number of halogens is 1. The van der Waals surface area contributed by atoms with Crippen molar-refractivity contribution in [2.75, 3.05) is 5.32 Å². The molecule has 2 aromatic rings. The van der Waals surface area contributed by atoms with E-state index >= 15 is 0 Å². The average Bonchev–Trinajstić information content (AvgIpc) is 2.33. The second-order valence-corrected chi connectivity index (χ2v) is 3.41. The molecule has 0 aliphatic rings. The molecule has 5 heteroatoms. The van der Waals surface area contributed by atoms with E-state index in [1.807, 2.05) is 24.3 Å². The standard InChI is InChI=1S/C11H7ClN4/c12-9-3-1-2-4-10(9)16-11-7-14-8(5-13)6-15-11/h1-4,6-7H,(H,15,16). The summed E-state index contributed by atoms with van der Waals surface area (Å²) in [5.41, 5.74) is 1.04. The van der Waals surface area contributed by atoms with Crippen LogP contribution in [-0.2, 0) is 0 Å². The van der Waals surface area contributed by atoms with Crippen LogP contribution in [-0.4, -0.2) is 9.97 Å². The first-order valence-corrected chi connectivity index (χ1v) is 4.91. The van der Waals surface area contributed by atoms with Crippen molar-refractivity contribution in [2.24, 2.45) is 0 Å². The maximum Gasteiger partial charge on any atom is 0.158 e. The van der Waals surface area contributed by atoms with E-state index in [-0.39, 0.29) is 5.69 Å². The molecule has 0 aliphatic carbocycles. The van der Waals surface area contributed by atoms with Gasteiger partial charge < -0.3 is 5.32 Å². The van der Waals surface area contributed by atoms with Gasteiger partial charge in [0.2, 0.25) is 0 Å². The molecule has 1 aromatic carbocycles. The van der Waals surface area contributed by atoms with E-state index in [0.717, 1.165) is 5.69 Å². The first-order valence-electron chi connectivity index (χ1n) is 4.53. The second-order valence-electron chi connectivity index (χ2n) is 3.00. The Labute approximate surface area is 97.5 Å². The molecule has 0 aliphatic heterocycles. The zero-order valence-electron chi connectivity index (χ0n) is 8.18. The second kappa shape index (κ2) is 4.60. The molecular formula is C11H7ClN4. The summed E-state index contributed by atoms with van der Waals surface area (Å²) in [5, 5.41) is 12.2. The quantitative estimate of drug-likeness (QED) is 0.862. The van der Waals surface area contributed by atoms with Crippen molar-refractivity contribution in [3.8, 4) is 6.07 Å².